The lowest BCUT2D eigenvalue weighted by Gasteiger charge is -2.28. The zero-order valence-electron chi connectivity index (χ0n) is 9.37. The number of nitrogens with zero attached hydrogens (tertiary/aromatic N) is 2. The molecule has 0 unspecified atom stereocenters. The first kappa shape index (κ1) is 11.2. The Morgan fingerprint density at radius 2 is 1.94 bits per heavy atom. The van der Waals surface area contributed by atoms with Gasteiger partial charge in [0.25, 0.3) is 0 Å². The van der Waals surface area contributed by atoms with E-state index in [9.17, 15) is 9.59 Å². The van der Waals surface area contributed by atoms with Crippen LogP contribution >= 0.6 is 0 Å². The lowest BCUT2D eigenvalue weighted by Crippen LogP contribution is -2.47. The van der Waals surface area contributed by atoms with Gasteiger partial charge in [0.1, 0.15) is 0 Å². The highest BCUT2D eigenvalue weighted by Gasteiger charge is 2.22. The SMILES string of the molecule is O=C(CCN1CCNC1=O)N1CCNCC1. The van der Waals surface area contributed by atoms with E-state index in [-0.39, 0.29) is 11.9 Å². The lowest BCUT2D eigenvalue weighted by molar-refractivity contribution is -0.131. The third-order valence-corrected chi connectivity index (χ3v) is 3.01. The summed E-state index contributed by atoms with van der Waals surface area (Å²) in [6.07, 6.45) is 0.438. The molecule has 16 heavy (non-hydrogen) atoms. The Hall–Kier alpha value is -1.30. The lowest BCUT2D eigenvalue weighted by atomic mass is 10.3. The summed E-state index contributed by atoms with van der Waals surface area (Å²) in [7, 11) is 0. The largest absolute Gasteiger partial charge is 0.340 e. The van der Waals surface area contributed by atoms with Crippen molar-refractivity contribution in [3.8, 4) is 0 Å². The summed E-state index contributed by atoms with van der Waals surface area (Å²) in [6.45, 7) is 5.25. The molecule has 0 aliphatic carbocycles. The number of carbonyl (C=O) groups excluding carboxylic acids is 2. The number of hydrogen-bond acceptors (Lipinski definition) is 3. The fourth-order valence-electron chi connectivity index (χ4n) is 2.03. The topological polar surface area (TPSA) is 64.7 Å². The van der Waals surface area contributed by atoms with Gasteiger partial charge in [-0.05, 0) is 0 Å². The molecule has 0 aromatic rings. The molecule has 2 N–H and O–H groups in total. The summed E-state index contributed by atoms with van der Waals surface area (Å²) in [5, 5.41) is 5.93. The number of amides is 3. The molecule has 0 aromatic heterocycles. The van der Waals surface area contributed by atoms with Crippen LogP contribution in [0.2, 0.25) is 0 Å². The first-order valence-electron chi connectivity index (χ1n) is 5.78. The predicted molar refractivity (Wildman–Crippen MR) is 59.0 cm³/mol. The molecule has 2 heterocycles. The quantitative estimate of drug-likeness (QED) is 0.637. The van der Waals surface area contributed by atoms with E-state index in [1.807, 2.05) is 4.90 Å². The van der Waals surface area contributed by atoms with Crippen LogP contribution in [0.1, 0.15) is 6.42 Å². The third-order valence-electron chi connectivity index (χ3n) is 3.01. The predicted octanol–water partition coefficient (Wildman–Crippen LogP) is -1.17. The summed E-state index contributed by atoms with van der Waals surface area (Å²) >= 11 is 0. The Balaban J connectivity index is 1.72. The number of hydrogen-bond donors (Lipinski definition) is 2. The summed E-state index contributed by atoms with van der Waals surface area (Å²) < 4.78 is 0. The normalized spacial score (nSPS) is 21.1. The van der Waals surface area contributed by atoms with Gasteiger partial charge in [-0.25, -0.2) is 4.79 Å². The highest BCUT2D eigenvalue weighted by Crippen LogP contribution is 2.02. The Kier molecular flexibility index (Phi) is 3.61. The zero-order valence-corrected chi connectivity index (χ0v) is 9.37. The van der Waals surface area contributed by atoms with Crippen molar-refractivity contribution in [3.05, 3.63) is 0 Å². The molecule has 2 saturated heterocycles. The summed E-state index contributed by atoms with van der Waals surface area (Å²) in [6, 6.07) is -0.0480. The van der Waals surface area contributed by atoms with E-state index < -0.39 is 0 Å². The molecule has 6 nitrogen and oxygen atoms in total. The summed E-state index contributed by atoms with van der Waals surface area (Å²) in [5.74, 6) is 0.154. The van der Waals surface area contributed by atoms with Gasteiger partial charge < -0.3 is 20.4 Å². The van der Waals surface area contributed by atoms with E-state index in [1.54, 1.807) is 4.90 Å². The number of rotatable bonds is 3. The number of urea groups is 1. The molecule has 0 aromatic carbocycles. The maximum Gasteiger partial charge on any atom is 0.317 e. The maximum absolute atomic E-state index is 11.8. The first-order chi connectivity index (χ1) is 7.77. The van der Waals surface area contributed by atoms with Gasteiger partial charge in [0, 0.05) is 52.2 Å². The van der Waals surface area contributed by atoms with Gasteiger partial charge in [-0.3, -0.25) is 4.79 Å². The van der Waals surface area contributed by atoms with Crippen molar-refractivity contribution in [1.29, 1.82) is 0 Å². The molecule has 6 heteroatoms. The second kappa shape index (κ2) is 5.16. The molecule has 2 aliphatic heterocycles. The van der Waals surface area contributed by atoms with Gasteiger partial charge in [-0.2, -0.15) is 0 Å². The van der Waals surface area contributed by atoms with E-state index in [4.69, 9.17) is 0 Å². The number of carbonyl (C=O) groups is 2. The van der Waals surface area contributed by atoms with E-state index >= 15 is 0 Å². The fourth-order valence-corrected chi connectivity index (χ4v) is 2.03. The molecule has 2 fully saturated rings. The van der Waals surface area contributed by atoms with Crippen LogP contribution in [-0.4, -0.2) is 67.6 Å². The van der Waals surface area contributed by atoms with Gasteiger partial charge in [0.2, 0.25) is 5.91 Å². The van der Waals surface area contributed by atoms with Crippen LogP contribution < -0.4 is 10.6 Å². The molecule has 0 spiro atoms. The second-order valence-electron chi connectivity index (χ2n) is 4.10. The van der Waals surface area contributed by atoms with Crippen molar-refractivity contribution in [1.82, 2.24) is 20.4 Å². The average Bonchev–Trinajstić information content (AvgIpc) is 2.73. The van der Waals surface area contributed by atoms with Gasteiger partial charge in [0.05, 0.1) is 0 Å². The molecular weight excluding hydrogens is 208 g/mol. The van der Waals surface area contributed by atoms with E-state index in [0.29, 0.717) is 26.1 Å². The van der Waals surface area contributed by atoms with Crippen molar-refractivity contribution >= 4 is 11.9 Å². The van der Waals surface area contributed by atoms with Crippen LogP contribution in [0.15, 0.2) is 0 Å². The Morgan fingerprint density at radius 3 is 2.56 bits per heavy atom. The number of nitrogens with one attached hydrogen (secondary N) is 2. The van der Waals surface area contributed by atoms with Gasteiger partial charge in [-0.15, -0.1) is 0 Å². The molecular formula is C10H18N4O2. The second-order valence-corrected chi connectivity index (χ2v) is 4.10. The van der Waals surface area contributed by atoms with E-state index in [2.05, 4.69) is 10.6 Å². The van der Waals surface area contributed by atoms with Gasteiger partial charge >= 0.3 is 6.03 Å². The monoisotopic (exact) mass is 226 g/mol. The smallest absolute Gasteiger partial charge is 0.317 e. The van der Waals surface area contributed by atoms with Crippen molar-refractivity contribution in [2.75, 3.05) is 45.8 Å². The molecule has 2 rings (SSSR count). The van der Waals surface area contributed by atoms with Crippen LogP contribution in [0.4, 0.5) is 4.79 Å². The molecule has 90 valence electrons. The Morgan fingerprint density at radius 1 is 1.19 bits per heavy atom. The minimum absolute atomic E-state index is 0.0480. The van der Waals surface area contributed by atoms with Crippen LogP contribution in [-0.2, 0) is 4.79 Å². The zero-order chi connectivity index (χ0) is 11.4. The molecule has 0 saturated carbocycles. The van der Waals surface area contributed by atoms with Crippen LogP contribution in [0.5, 0.6) is 0 Å². The third kappa shape index (κ3) is 2.63. The standard InChI is InChI=1S/C10H18N4O2/c15-9(13-6-2-11-3-7-13)1-5-14-8-4-12-10(14)16/h11H,1-8H2,(H,12,16). The molecule has 0 bridgehead atoms. The molecule has 3 amide bonds. The van der Waals surface area contributed by atoms with Crippen LogP contribution in [0.3, 0.4) is 0 Å². The van der Waals surface area contributed by atoms with Crippen molar-refractivity contribution in [2.24, 2.45) is 0 Å². The molecule has 0 radical (unpaired) electrons. The van der Waals surface area contributed by atoms with Crippen LogP contribution in [0.25, 0.3) is 0 Å². The Labute approximate surface area is 95.0 Å². The first-order valence-corrected chi connectivity index (χ1v) is 5.78. The molecule has 0 atom stereocenters. The average molecular weight is 226 g/mol. The minimum Gasteiger partial charge on any atom is -0.340 e. The van der Waals surface area contributed by atoms with Gasteiger partial charge in [0.15, 0.2) is 0 Å². The Bertz CT molecular complexity index is 276. The maximum atomic E-state index is 11.8. The van der Waals surface area contributed by atoms with Crippen molar-refractivity contribution < 1.29 is 9.59 Å². The highest BCUT2D eigenvalue weighted by molar-refractivity contribution is 5.79. The molecule has 2 aliphatic rings. The summed E-state index contributed by atoms with van der Waals surface area (Å²) in [4.78, 5) is 26.6. The van der Waals surface area contributed by atoms with Crippen LogP contribution in [0, 0.1) is 0 Å². The van der Waals surface area contributed by atoms with E-state index in [0.717, 1.165) is 26.2 Å². The number of piperazine rings is 1. The fraction of sp³-hybridized carbons (Fsp3) is 0.800. The van der Waals surface area contributed by atoms with Gasteiger partial charge in [-0.1, -0.05) is 0 Å². The van der Waals surface area contributed by atoms with Crippen molar-refractivity contribution in [2.45, 2.75) is 6.42 Å². The summed E-state index contributed by atoms with van der Waals surface area (Å²) in [5.41, 5.74) is 0. The van der Waals surface area contributed by atoms with Crippen molar-refractivity contribution in [3.63, 3.8) is 0 Å². The highest BCUT2D eigenvalue weighted by atomic mass is 16.2. The minimum atomic E-state index is -0.0480. The van der Waals surface area contributed by atoms with E-state index in [1.165, 1.54) is 0 Å².